The van der Waals surface area contributed by atoms with E-state index in [-0.39, 0.29) is 18.2 Å². The van der Waals surface area contributed by atoms with Gasteiger partial charge in [-0.05, 0) is 36.4 Å². The number of anilines is 1. The molecule has 0 bridgehead atoms. The largest absolute Gasteiger partial charge is 0.454 e. The molecule has 1 N–H and O–H groups in total. The molecule has 10 heteroatoms. The highest BCUT2D eigenvalue weighted by molar-refractivity contribution is 5.95. The van der Waals surface area contributed by atoms with Gasteiger partial charge >= 0.3 is 5.97 Å². The number of carbonyl (C=O) groups excluding carboxylic acids is 2. The van der Waals surface area contributed by atoms with Gasteiger partial charge in [-0.25, -0.2) is 4.79 Å². The molecule has 152 valence electrons. The van der Waals surface area contributed by atoms with Gasteiger partial charge in [-0.15, -0.1) is 0 Å². The summed E-state index contributed by atoms with van der Waals surface area (Å²) in [4.78, 5) is 34.3. The van der Waals surface area contributed by atoms with E-state index >= 15 is 0 Å². The molecule has 0 fully saturated rings. The zero-order chi connectivity index (χ0) is 21.1. The van der Waals surface area contributed by atoms with Gasteiger partial charge in [0.15, 0.2) is 18.1 Å². The third-order valence-electron chi connectivity index (χ3n) is 4.16. The molecule has 10 nitrogen and oxygen atoms in total. The smallest absolute Gasteiger partial charge is 0.374 e. The van der Waals surface area contributed by atoms with E-state index in [0.29, 0.717) is 28.5 Å². The Hall–Kier alpha value is -4.34. The van der Waals surface area contributed by atoms with Crippen molar-refractivity contribution in [1.82, 2.24) is 0 Å². The second kappa shape index (κ2) is 7.95. The SMILES string of the molecule is O=C(COC(=O)c1ccc(-c2ccc([N+](=O)[O-])cc2)o1)Nc1ccc2c(c1)OCO2. The number of hydrogen-bond acceptors (Lipinski definition) is 8. The van der Waals surface area contributed by atoms with E-state index < -0.39 is 23.4 Å². The van der Waals surface area contributed by atoms with Gasteiger partial charge in [0.1, 0.15) is 5.76 Å². The van der Waals surface area contributed by atoms with Crippen LogP contribution in [0.25, 0.3) is 11.3 Å². The van der Waals surface area contributed by atoms with Gasteiger partial charge in [-0.2, -0.15) is 0 Å². The van der Waals surface area contributed by atoms with Crippen LogP contribution in [0.3, 0.4) is 0 Å². The molecule has 0 spiro atoms. The topological polar surface area (TPSA) is 130 Å². The normalized spacial score (nSPS) is 11.7. The molecular formula is C20H14N2O8. The van der Waals surface area contributed by atoms with Crippen molar-refractivity contribution in [2.75, 3.05) is 18.7 Å². The Bertz CT molecular complexity index is 1120. The van der Waals surface area contributed by atoms with Crippen molar-refractivity contribution >= 4 is 23.3 Å². The summed E-state index contributed by atoms with van der Waals surface area (Å²) in [5, 5.41) is 13.3. The molecule has 30 heavy (non-hydrogen) atoms. The number of non-ortho nitro benzene ring substituents is 1. The van der Waals surface area contributed by atoms with E-state index in [1.165, 1.54) is 36.4 Å². The van der Waals surface area contributed by atoms with Gasteiger partial charge in [-0.1, -0.05) is 0 Å². The van der Waals surface area contributed by atoms with Crippen molar-refractivity contribution < 1.29 is 33.1 Å². The summed E-state index contributed by atoms with van der Waals surface area (Å²) in [6, 6.07) is 13.5. The third kappa shape index (κ3) is 4.07. The van der Waals surface area contributed by atoms with E-state index in [2.05, 4.69) is 5.32 Å². The molecule has 2 aromatic carbocycles. The Morgan fingerprint density at radius 3 is 2.57 bits per heavy atom. The van der Waals surface area contributed by atoms with Crippen molar-refractivity contribution in [2.24, 2.45) is 0 Å². The van der Waals surface area contributed by atoms with Gasteiger partial charge in [0.25, 0.3) is 11.6 Å². The quantitative estimate of drug-likeness (QED) is 0.372. The van der Waals surface area contributed by atoms with Crippen molar-refractivity contribution in [2.45, 2.75) is 0 Å². The van der Waals surface area contributed by atoms with Crippen LogP contribution in [0.5, 0.6) is 11.5 Å². The van der Waals surface area contributed by atoms with Gasteiger partial charge < -0.3 is 23.9 Å². The summed E-state index contributed by atoms with van der Waals surface area (Å²) >= 11 is 0. The molecule has 0 aliphatic carbocycles. The fourth-order valence-corrected chi connectivity index (χ4v) is 2.72. The standard InChI is InChI=1S/C20H14N2O8/c23-19(21-13-3-6-16-18(9-13)29-11-28-16)10-27-20(24)17-8-7-15(30-17)12-1-4-14(5-2-12)22(25)26/h1-9H,10-11H2,(H,21,23). The minimum absolute atomic E-state index is 0.0570. The lowest BCUT2D eigenvalue weighted by Gasteiger charge is -2.06. The summed E-state index contributed by atoms with van der Waals surface area (Å²) in [6.45, 7) is -0.393. The maximum Gasteiger partial charge on any atom is 0.374 e. The number of nitrogens with one attached hydrogen (secondary N) is 1. The number of hydrogen-bond donors (Lipinski definition) is 1. The molecular weight excluding hydrogens is 396 g/mol. The molecule has 1 aromatic heterocycles. The maximum absolute atomic E-state index is 12.1. The summed E-state index contributed by atoms with van der Waals surface area (Å²) in [5.41, 5.74) is 0.970. The summed E-state index contributed by atoms with van der Waals surface area (Å²) < 4.78 is 20.8. The van der Waals surface area contributed by atoms with Crippen LogP contribution in [-0.2, 0) is 9.53 Å². The molecule has 0 radical (unpaired) electrons. The van der Waals surface area contributed by atoms with Crippen LogP contribution in [0.4, 0.5) is 11.4 Å². The molecule has 0 unspecified atom stereocenters. The van der Waals surface area contributed by atoms with Crippen LogP contribution in [0.2, 0.25) is 0 Å². The Kier molecular flexibility index (Phi) is 5.04. The summed E-state index contributed by atoms with van der Waals surface area (Å²) in [6.07, 6.45) is 0. The first-order valence-corrected chi connectivity index (χ1v) is 8.71. The van der Waals surface area contributed by atoms with Crippen molar-refractivity contribution in [3.05, 3.63) is 70.5 Å². The van der Waals surface area contributed by atoms with Crippen LogP contribution >= 0.6 is 0 Å². The molecule has 1 amide bonds. The Balaban J connectivity index is 1.33. The number of ether oxygens (including phenoxy) is 3. The van der Waals surface area contributed by atoms with Crippen LogP contribution in [-0.4, -0.2) is 30.2 Å². The molecule has 0 saturated carbocycles. The molecule has 0 saturated heterocycles. The van der Waals surface area contributed by atoms with E-state index in [4.69, 9.17) is 18.6 Å². The van der Waals surface area contributed by atoms with E-state index in [1.54, 1.807) is 18.2 Å². The fourth-order valence-electron chi connectivity index (χ4n) is 2.72. The summed E-state index contributed by atoms with van der Waals surface area (Å²) in [7, 11) is 0. The zero-order valence-corrected chi connectivity index (χ0v) is 15.3. The van der Waals surface area contributed by atoms with Gasteiger partial charge in [0.2, 0.25) is 12.6 Å². The predicted molar refractivity (Wildman–Crippen MR) is 102 cm³/mol. The molecule has 2 heterocycles. The second-order valence-corrected chi connectivity index (χ2v) is 6.16. The fraction of sp³-hybridized carbons (Fsp3) is 0.100. The highest BCUT2D eigenvalue weighted by atomic mass is 16.7. The van der Waals surface area contributed by atoms with Crippen LogP contribution in [0.1, 0.15) is 10.6 Å². The monoisotopic (exact) mass is 410 g/mol. The highest BCUT2D eigenvalue weighted by Gasteiger charge is 2.17. The lowest BCUT2D eigenvalue weighted by Crippen LogP contribution is -2.20. The van der Waals surface area contributed by atoms with Gasteiger partial charge in [0, 0.05) is 29.4 Å². The Labute approximate surface area is 169 Å². The average molecular weight is 410 g/mol. The molecule has 3 aromatic rings. The number of carbonyl (C=O) groups is 2. The lowest BCUT2D eigenvalue weighted by molar-refractivity contribution is -0.384. The Morgan fingerprint density at radius 1 is 1.03 bits per heavy atom. The minimum atomic E-state index is -0.816. The molecule has 1 aliphatic heterocycles. The number of nitrogens with zero attached hydrogens (tertiary/aromatic N) is 1. The number of nitro groups is 1. The van der Waals surface area contributed by atoms with Crippen LogP contribution in [0.15, 0.2) is 59.0 Å². The van der Waals surface area contributed by atoms with E-state index in [0.717, 1.165) is 0 Å². The number of nitro benzene ring substituents is 1. The number of furan rings is 1. The van der Waals surface area contributed by atoms with Crippen molar-refractivity contribution in [3.8, 4) is 22.8 Å². The molecule has 4 rings (SSSR count). The third-order valence-corrected chi connectivity index (χ3v) is 4.16. The maximum atomic E-state index is 12.1. The molecule has 0 atom stereocenters. The molecule has 1 aliphatic rings. The van der Waals surface area contributed by atoms with Gasteiger partial charge in [-0.3, -0.25) is 14.9 Å². The minimum Gasteiger partial charge on any atom is -0.454 e. The van der Waals surface area contributed by atoms with Crippen molar-refractivity contribution in [3.63, 3.8) is 0 Å². The van der Waals surface area contributed by atoms with Gasteiger partial charge in [0.05, 0.1) is 4.92 Å². The lowest BCUT2D eigenvalue weighted by atomic mass is 10.1. The first-order valence-electron chi connectivity index (χ1n) is 8.71. The zero-order valence-electron chi connectivity index (χ0n) is 15.3. The van der Waals surface area contributed by atoms with E-state index in [9.17, 15) is 19.7 Å². The van der Waals surface area contributed by atoms with Crippen molar-refractivity contribution in [1.29, 1.82) is 0 Å². The average Bonchev–Trinajstić information content (AvgIpc) is 3.41. The Morgan fingerprint density at radius 2 is 1.80 bits per heavy atom. The van der Waals surface area contributed by atoms with E-state index in [1.807, 2.05) is 0 Å². The number of rotatable bonds is 6. The number of fused-ring (bicyclic) bond motifs is 1. The second-order valence-electron chi connectivity index (χ2n) is 6.16. The predicted octanol–water partition coefficient (Wildman–Crippen LogP) is 3.38. The van der Waals surface area contributed by atoms with Crippen LogP contribution < -0.4 is 14.8 Å². The highest BCUT2D eigenvalue weighted by Crippen LogP contribution is 2.34. The summed E-state index contributed by atoms with van der Waals surface area (Å²) in [5.74, 6) is -0.0190. The number of amides is 1. The van der Waals surface area contributed by atoms with Crippen LogP contribution in [0, 0.1) is 10.1 Å². The first-order chi connectivity index (χ1) is 14.5. The number of esters is 1. The number of benzene rings is 2. The first kappa shape index (κ1) is 19.0.